The SMILES string of the molecule is CCN(CC)C(=O)C1CCCN(CC=Cc2ccccc2OC)C1.Cl. The van der Waals surface area contributed by atoms with Crippen LogP contribution in [0, 0.1) is 5.92 Å². The molecule has 1 fully saturated rings. The topological polar surface area (TPSA) is 32.8 Å². The lowest BCUT2D eigenvalue weighted by atomic mass is 9.96. The number of likely N-dealkylation sites (tertiary alicyclic amines) is 1. The van der Waals surface area contributed by atoms with Crippen molar-refractivity contribution in [1.82, 2.24) is 9.80 Å². The normalized spacial score (nSPS) is 18.0. The van der Waals surface area contributed by atoms with E-state index in [0.717, 1.165) is 56.9 Å². The van der Waals surface area contributed by atoms with E-state index >= 15 is 0 Å². The molecule has 1 heterocycles. The number of nitrogens with zero attached hydrogens (tertiary/aromatic N) is 2. The molecule has 2 rings (SSSR count). The van der Waals surface area contributed by atoms with Crippen LogP contribution in [0.25, 0.3) is 6.08 Å². The zero-order chi connectivity index (χ0) is 17.4. The van der Waals surface area contributed by atoms with Crippen LogP contribution < -0.4 is 4.74 Å². The van der Waals surface area contributed by atoms with Gasteiger partial charge in [-0.05, 0) is 39.3 Å². The van der Waals surface area contributed by atoms with Crippen LogP contribution >= 0.6 is 12.4 Å². The van der Waals surface area contributed by atoms with Crippen LogP contribution in [0.3, 0.4) is 0 Å². The van der Waals surface area contributed by atoms with Crippen molar-refractivity contribution in [1.29, 1.82) is 0 Å². The first-order valence-electron chi connectivity index (χ1n) is 9.00. The predicted octanol–water partition coefficient (Wildman–Crippen LogP) is 3.71. The molecule has 0 spiro atoms. The molecule has 1 aliphatic heterocycles. The highest BCUT2D eigenvalue weighted by atomic mass is 35.5. The maximum atomic E-state index is 12.5. The first-order valence-corrected chi connectivity index (χ1v) is 9.00. The molecule has 140 valence electrons. The molecule has 1 amide bonds. The van der Waals surface area contributed by atoms with Gasteiger partial charge in [0.05, 0.1) is 13.0 Å². The molecule has 1 aromatic carbocycles. The van der Waals surface area contributed by atoms with Gasteiger partial charge in [0.1, 0.15) is 5.75 Å². The third-order valence-corrected chi connectivity index (χ3v) is 4.73. The van der Waals surface area contributed by atoms with E-state index in [9.17, 15) is 4.79 Å². The Morgan fingerprint density at radius 1 is 1.32 bits per heavy atom. The lowest BCUT2D eigenvalue weighted by molar-refractivity contribution is -0.136. The highest BCUT2D eigenvalue weighted by Crippen LogP contribution is 2.21. The van der Waals surface area contributed by atoms with Crippen LogP contribution in [0.2, 0.25) is 0 Å². The Hall–Kier alpha value is -1.52. The molecule has 1 saturated heterocycles. The lowest BCUT2D eigenvalue weighted by Crippen LogP contribution is -2.44. The molecule has 1 aromatic rings. The van der Waals surface area contributed by atoms with E-state index in [1.807, 2.05) is 23.1 Å². The average Bonchev–Trinajstić information content (AvgIpc) is 2.63. The third-order valence-electron chi connectivity index (χ3n) is 4.73. The maximum absolute atomic E-state index is 12.5. The Morgan fingerprint density at radius 2 is 2.04 bits per heavy atom. The zero-order valence-electron chi connectivity index (χ0n) is 15.6. The van der Waals surface area contributed by atoms with Gasteiger partial charge in [0.25, 0.3) is 0 Å². The molecule has 0 aliphatic carbocycles. The van der Waals surface area contributed by atoms with Crippen molar-refractivity contribution in [2.75, 3.05) is 39.8 Å². The van der Waals surface area contributed by atoms with Gasteiger partial charge in [-0.15, -0.1) is 12.4 Å². The lowest BCUT2D eigenvalue weighted by Gasteiger charge is -2.33. The largest absolute Gasteiger partial charge is 0.496 e. The number of hydrogen-bond donors (Lipinski definition) is 0. The van der Waals surface area contributed by atoms with Crippen LogP contribution in [0.4, 0.5) is 0 Å². The number of amides is 1. The summed E-state index contributed by atoms with van der Waals surface area (Å²) < 4.78 is 5.37. The fourth-order valence-electron chi connectivity index (χ4n) is 3.35. The zero-order valence-corrected chi connectivity index (χ0v) is 16.4. The minimum absolute atomic E-state index is 0. The molecular weight excluding hydrogens is 336 g/mol. The van der Waals surface area contributed by atoms with Crippen molar-refractivity contribution in [2.24, 2.45) is 5.92 Å². The van der Waals surface area contributed by atoms with Crippen molar-refractivity contribution in [3.05, 3.63) is 35.9 Å². The van der Waals surface area contributed by atoms with Gasteiger partial charge in [-0.2, -0.15) is 0 Å². The molecule has 25 heavy (non-hydrogen) atoms. The summed E-state index contributed by atoms with van der Waals surface area (Å²) in [7, 11) is 1.70. The Labute approximate surface area is 158 Å². The molecule has 1 unspecified atom stereocenters. The minimum Gasteiger partial charge on any atom is -0.496 e. The fourth-order valence-corrected chi connectivity index (χ4v) is 3.35. The van der Waals surface area contributed by atoms with Gasteiger partial charge in [-0.1, -0.05) is 30.4 Å². The average molecular weight is 367 g/mol. The Morgan fingerprint density at radius 3 is 2.72 bits per heavy atom. The summed E-state index contributed by atoms with van der Waals surface area (Å²) >= 11 is 0. The monoisotopic (exact) mass is 366 g/mol. The van der Waals surface area contributed by atoms with Crippen LogP contribution in [-0.2, 0) is 4.79 Å². The van der Waals surface area contributed by atoms with Crippen molar-refractivity contribution < 1.29 is 9.53 Å². The molecule has 0 N–H and O–H groups in total. The molecule has 0 bridgehead atoms. The van der Waals surface area contributed by atoms with Gasteiger partial charge in [0.15, 0.2) is 0 Å². The van der Waals surface area contributed by atoms with Crippen molar-refractivity contribution >= 4 is 24.4 Å². The van der Waals surface area contributed by atoms with Crippen molar-refractivity contribution in [3.8, 4) is 5.75 Å². The van der Waals surface area contributed by atoms with Gasteiger partial charge in [-0.25, -0.2) is 0 Å². The number of rotatable bonds is 7. The molecule has 5 heteroatoms. The summed E-state index contributed by atoms with van der Waals surface area (Å²) in [5.74, 6) is 1.36. The Kier molecular flexibility index (Phi) is 9.61. The number of para-hydroxylation sites is 1. The van der Waals surface area contributed by atoms with E-state index in [1.54, 1.807) is 7.11 Å². The predicted molar refractivity (Wildman–Crippen MR) is 106 cm³/mol. The van der Waals surface area contributed by atoms with Crippen LogP contribution in [0.1, 0.15) is 32.3 Å². The van der Waals surface area contributed by atoms with Crippen LogP contribution in [-0.4, -0.2) is 55.5 Å². The molecule has 0 aromatic heterocycles. The summed E-state index contributed by atoms with van der Waals surface area (Å²) in [5, 5.41) is 0. The van der Waals surface area contributed by atoms with Crippen molar-refractivity contribution in [3.63, 3.8) is 0 Å². The number of hydrogen-bond acceptors (Lipinski definition) is 3. The number of benzene rings is 1. The van der Waals surface area contributed by atoms with E-state index in [1.165, 1.54) is 0 Å². The molecule has 4 nitrogen and oxygen atoms in total. The minimum atomic E-state index is 0. The molecule has 1 aliphatic rings. The summed E-state index contributed by atoms with van der Waals surface area (Å²) in [5.41, 5.74) is 1.09. The van der Waals surface area contributed by atoms with Gasteiger partial charge < -0.3 is 9.64 Å². The maximum Gasteiger partial charge on any atom is 0.226 e. The molecule has 0 saturated carbocycles. The second-order valence-electron chi connectivity index (χ2n) is 6.25. The summed E-state index contributed by atoms with van der Waals surface area (Å²) in [6.07, 6.45) is 6.39. The van der Waals surface area contributed by atoms with Gasteiger partial charge in [-0.3, -0.25) is 9.69 Å². The smallest absolute Gasteiger partial charge is 0.226 e. The fraction of sp³-hybridized carbons (Fsp3) is 0.550. The summed E-state index contributed by atoms with van der Waals surface area (Å²) in [6.45, 7) is 8.53. The molecular formula is C20H31ClN2O2. The van der Waals surface area contributed by atoms with E-state index < -0.39 is 0 Å². The molecule has 0 radical (unpaired) electrons. The van der Waals surface area contributed by atoms with E-state index in [0.29, 0.717) is 5.91 Å². The highest BCUT2D eigenvalue weighted by molar-refractivity contribution is 5.85. The van der Waals surface area contributed by atoms with Gasteiger partial charge >= 0.3 is 0 Å². The number of piperidine rings is 1. The number of halogens is 1. The Bertz CT molecular complexity index is 558. The van der Waals surface area contributed by atoms with Gasteiger partial charge in [0.2, 0.25) is 5.91 Å². The second kappa shape index (κ2) is 11.2. The van der Waals surface area contributed by atoms with E-state index in [2.05, 4.69) is 37.0 Å². The Balaban J connectivity index is 0.00000312. The first kappa shape index (κ1) is 21.5. The molecule has 1 atom stereocenters. The van der Waals surface area contributed by atoms with Gasteiger partial charge in [0, 0.05) is 31.7 Å². The number of carbonyl (C=O) groups excluding carboxylic acids is 1. The van der Waals surface area contributed by atoms with E-state index in [4.69, 9.17) is 4.74 Å². The van der Waals surface area contributed by atoms with E-state index in [-0.39, 0.29) is 18.3 Å². The summed E-state index contributed by atoms with van der Waals surface area (Å²) in [4.78, 5) is 16.9. The van der Waals surface area contributed by atoms with Crippen molar-refractivity contribution in [2.45, 2.75) is 26.7 Å². The summed E-state index contributed by atoms with van der Waals surface area (Å²) in [6, 6.07) is 8.02. The van der Waals surface area contributed by atoms with Crippen LogP contribution in [0.5, 0.6) is 5.75 Å². The number of ether oxygens (including phenoxy) is 1. The third kappa shape index (κ3) is 6.05. The second-order valence-corrected chi connectivity index (χ2v) is 6.25. The number of carbonyl (C=O) groups is 1. The first-order chi connectivity index (χ1) is 11.7. The van der Waals surface area contributed by atoms with Crippen LogP contribution in [0.15, 0.2) is 30.3 Å². The highest BCUT2D eigenvalue weighted by Gasteiger charge is 2.27. The standard InChI is InChI=1S/C20H30N2O2.ClH/c1-4-22(5-2)20(23)18-12-9-15-21(16-18)14-8-11-17-10-6-7-13-19(17)24-3;/h6-8,10-11,13,18H,4-5,9,12,14-16H2,1-3H3;1H. The number of methoxy groups -OCH3 is 1. The quantitative estimate of drug-likeness (QED) is 0.737.